The van der Waals surface area contributed by atoms with Gasteiger partial charge in [0.2, 0.25) is 5.91 Å². The van der Waals surface area contributed by atoms with Gasteiger partial charge in [-0.1, -0.05) is 6.92 Å². The third-order valence-electron chi connectivity index (χ3n) is 4.78. The molecule has 2 rings (SSSR count). The van der Waals surface area contributed by atoms with Crippen molar-refractivity contribution in [2.75, 3.05) is 26.2 Å². The lowest BCUT2D eigenvalue weighted by molar-refractivity contribution is -0.139. The quantitative estimate of drug-likeness (QED) is 0.837. The summed E-state index contributed by atoms with van der Waals surface area (Å²) in [6, 6.07) is 1.37. The molecule has 4 heteroatoms. The second-order valence-corrected chi connectivity index (χ2v) is 6.14. The minimum Gasteiger partial charge on any atom is -0.336 e. The van der Waals surface area contributed by atoms with Crippen molar-refractivity contribution in [3.05, 3.63) is 0 Å². The molecule has 1 amide bonds. The normalized spacial score (nSPS) is 32.0. The van der Waals surface area contributed by atoms with Crippen LogP contribution >= 0.6 is 0 Å². The van der Waals surface area contributed by atoms with Crippen molar-refractivity contribution < 1.29 is 4.79 Å². The third-order valence-corrected chi connectivity index (χ3v) is 4.78. The summed E-state index contributed by atoms with van der Waals surface area (Å²) >= 11 is 0. The second-order valence-electron chi connectivity index (χ2n) is 6.14. The van der Waals surface area contributed by atoms with E-state index in [2.05, 4.69) is 35.9 Å². The number of likely N-dealkylation sites (N-methyl/N-ethyl adjacent to an activating group) is 1. The molecule has 110 valence electrons. The van der Waals surface area contributed by atoms with Crippen LogP contribution in [-0.2, 0) is 4.79 Å². The number of carbonyl (C=O) groups is 1. The maximum Gasteiger partial charge on any atom is 0.237 e. The van der Waals surface area contributed by atoms with Crippen molar-refractivity contribution in [2.24, 2.45) is 0 Å². The molecule has 3 atom stereocenters. The number of carbonyl (C=O) groups excluding carboxylic acids is 1. The minimum absolute atomic E-state index is 0.327. The van der Waals surface area contributed by atoms with Crippen molar-refractivity contribution in [3.63, 3.8) is 0 Å². The standard InChI is InChI=1S/C15H29N3O/c1-4-17(14-8-9-16-10-14)11-15(19)18-12(2)6-5-7-13(18)3/h12-14,16H,4-11H2,1-3H3. The Bertz CT molecular complexity index is 292. The first-order valence-corrected chi connectivity index (χ1v) is 7.89. The summed E-state index contributed by atoms with van der Waals surface area (Å²) in [7, 11) is 0. The summed E-state index contributed by atoms with van der Waals surface area (Å²) < 4.78 is 0. The van der Waals surface area contributed by atoms with Gasteiger partial charge in [0.1, 0.15) is 0 Å². The summed E-state index contributed by atoms with van der Waals surface area (Å²) in [5.74, 6) is 0.327. The fourth-order valence-electron chi connectivity index (χ4n) is 3.62. The monoisotopic (exact) mass is 267 g/mol. The smallest absolute Gasteiger partial charge is 0.237 e. The molecule has 0 bridgehead atoms. The van der Waals surface area contributed by atoms with Crippen LogP contribution in [0, 0.1) is 0 Å². The summed E-state index contributed by atoms with van der Waals surface area (Å²) in [6.45, 7) is 10.2. The van der Waals surface area contributed by atoms with E-state index >= 15 is 0 Å². The predicted molar refractivity (Wildman–Crippen MR) is 78.1 cm³/mol. The fourth-order valence-corrected chi connectivity index (χ4v) is 3.62. The number of rotatable bonds is 4. The van der Waals surface area contributed by atoms with E-state index < -0.39 is 0 Å². The van der Waals surface area contributed by atoms with Gasteiger partial charge in [-0.3, -0.25) is 9.69 Å². The van der Waals surface area contributed by atoms with E-state index in [0.29, 0.717) is 30.6 Å². The van der Waals surface area contributed by atoms with Crippen LogP contribution in [-0.4, -0.2) is 60.0 Å². The Morgan fingerprint density at radius 1 is 1.26 bits per heavy atom. The van der Waals surface area contributed by atoms with Crippen molar-refractivity contribution in [3.8, 4) is 0 Å². The third kappa shape index (κ3) is 3.48. The first-order chi connectivity index (χ1) is 9.13. The molecule has 0 aliphatic carbocycles. The Labute approximate surface area is 117 Å². The van der Waals surface area contributed by atoms with Crippen LogP contribution in [0.25, 0.3) is 0 Å². The fraction of sp³-hybridized carbons (Fsp3) is 0.933. The van der Waals surface area contributed by atoms with E-state index in [1.807, 2.05) is 0 Å². The van der Waals surface area contributed by atoms with E-state index in [-0.39, 0.29) is 0 Å². The van der Waals surface area contributed by atoms with E-state index in [9.17, 15) is 4.79 Å². The lowest BCUT2D eigenvalue weighted by Crippen LogP contribution is -2.52. The van der Waals surface area contributed by atoms with Crippen molar-refractivity contribution in [1.82, 2.24) is 15.1 Å². The topological polar surface area (TPSA) is 35.6 Å². The summed E-state index contributed by atoms with van der Waals surface area (Å²) in [4.78, 5) is 17.1. The molecule has 2 heterocycles. The van der Waals surface area contributed by atoms with Crippen molar-refractivity contribution >= 4 is 5.91 Å². The molecule has 0 aromatic rings. The van der Waals surface area contributed by atoms with Crippen LogP contribution in [0.4, 0.5) is 0 Å². The van der Waals surface area contributed by atoms with Crippen molar-refractivity contribution in [1.29, 1.82) is 0 Å². The number of nitrogens with zero attached hydrogens (tertiary/aromatic N) is 2. The van der Waals surface area contributed by atoms with Gasteiger partial charge in [0, 0.05) is 24.7 Å². The van der Waals surface area contributed by atoms with Gasteiger partial charge >= 0.3 is 0 Å². The van der Waals surface area contributed by atoms with Gasteiger partial charge in [-0.25, -0.2) is 0 Å². The zero-order valence-electron chi connectivity index (χ0n) is 12.7. The van der Waals surface area contributed by atoms with Crippen LogP contribution in [0.3, 0.4) is 0 Å². The van der Waals surface area contributed by atoms with Crippen LogP contribution < -0.4 is 5.32 Å². The largest absolute Gasteiger partial charge is 0.336 e. The first-order valence-electron chi connectivity index (χ1n) is 7.89. The molecule has 1 N–H and O–H groups in total. The van der Waals surface area contributed by atoms with E-state index in [0.717, 1.165) is 32.5 Å². The van der Waals surface area contributed by atoms with Gasteiger partial charge in [-0.05, 0) is 52.6 Å². The molecule has 4 nitrogen and oxygen atoms in total. The lowest BCUT2D eigenvalue weighted by Gasteiger charge is -2.40. The number of likely N-dealkylation sites (tertiary alicyclic amines) is 1. The SMILES string of the molecule is CCN(CC(=O)N1C(C)CCCC1C)C1CCNC1. The molecule has 2 aliphatic heterocycles. The Hall–Kier alpha value is -0.610. The Kier molecular flexibility index (Phi) is 5.22. The molecule has 19 heavy (non-hydrogen) atoms. The van der Waals surface area contributed by atoms with Crippen LogP contribution in [0.15, 0.2) is 0 Å². The predicted octanol–water partition coefficient (Wildman–Crippen LogP) is 1.46. The van der Waals surface area contributed by atoms with Gasteiger partial charge in [0.25, 0.3) is 0 Å². The Morgan fingerprint density at radius 2 is 1.95 bits per heavy atom. The first kappa shape index (κ1) is 14.8. The van der Waals surface area contributed by atoms with Gasteiger partial charge in [-0.15, -0.1) is 0 Å². The lowest BCUT2D eigenvalue weighted by atomic mass is 9.97. The molecule has 0 aromatic heterocycles. The van der Waals surface area contributed by atoms with E-state index in [4.69, 9.17) is 0 Å². The highest BCUT2D eigenvalue weighted by atomic mass is 16.2. The summed E-state index contributed by atoms with van der Waals surface area (Å²) in [6.07, 6.45) is 4.75. The molecular weight excluding hydrogens is 238 g/mol. The molecule has 2 aliphatic rings. The second kappa shape index (κ2) is 6.71. The number of amides is 1. The number of piperidine rings is 1. The molecule has 2 saturated heterocycles. The number of nitrogens with one attached hydrogen (secondary N) is 1. The molecule has 3 unspecified atom stereocenters. The highest BCUT2D eigenvalue weighted by Gasteiger charge is 2.31. The molecule has 2 fully saturated rings. The Morgan fingerprint density at radius 3 is 2.47 bits per heavy atom. The summed E-state index contributed by atoms with van der Waals surface area (Å²) in [5, 5.41) is 3.39. The van der Waals surface area contributed by atoms with Gasteiger partial charge < -0.3 is 10.2 Å². The maximum atomic E-state index is 12.6. The zero-order chi connectivity index (χ0) is 13.8. The Balaban J connectivity index is 1.94. The average Bonchev–Trinajstić information content (AvgIpc) is 2.89. The number of hydrogen-bond donors (Lipinski definition) is 1. The van der Waals surface area contributed by atoms with Crippen LogP contribution in [0.2, 0.25) is 0 Å². The van der Waals surface area contributed by atoms with E-state index in [1.165, 1.54) is 12.8 Å². The average molecular weight is 267 g/mol. The maximum absolute atomic E-state index is 12.6. The highest BCUT2D eigenvalue weighted by Crippen LogP contribution is 2.23. The molecule has 0 spiro atoms. The number of hydrogen-bond acceptors (Lipinski definition) is 3. The molecule has 0 radical (unpaired) electrons. The summed E-state index contributed by atoms with van der Waals surface area (Å²) in [5.41, 5.74) is 0. The van der Waals surface area contributed by atoms with Crippen LogP contribution in [0.1, 0.15) is 46.5 Å². The molecule has 0 aromatic carbocycles. The van der Waals surface area contributed by atoms with E-state index in [1.54, 1.807) is 0 Å². The molecule has 0 saturated carbocycles. The van der Waals surface area contributed by atoms with Gasteiger partial charge in [-0.2, -0.15) is 0 Å². The zero-order valence-corrected chi connectivity index (χ0v) is 12.7. The van der Waals surface area contributed by atoms with Gasteiger partial charge in [0.05, 0.1) is 6.54 Å². The van der Waals surface area contributed by atoms with Gasteiger partial charge in [0.15, 0.2) is 0 Å². The highest BCUT2D eigenvalue weighted by molar-refractivity contribution is 5.79. The van der Waals surface area contributed by atoms with Crippen molar-refractivity contribution in [2.45, 2.75) is 64.6 Å². The minimum atomic E-state index is 0.327. The molecular formula is C15H29N3O. The van der Waals surface area contributed by atoms with Crippen LogP contribution in [0.5, 0.6) is 0 Å².